The minimum Gasteiger partial charge on any atom is -0.455 e. The molecule has 2 heteroatoms. The van der Waals surface area contributed by atoms with E-state index in [2.05, 4.69) is 0 Å². The number of furan rings is 1. The summed E-state index contributed by atoms with van der Waals surface area (Å²) in [5, 5.41) is 7.22. The summed E-state index contributed by atoms with van der Waals surface area (Å²) >= 11 is 0. The molecule has 1 aromatic heterocycles. The number of anilines is 3. The van der Waals surface area contributed by atoms with E-state index in [0.29, 0.717) is 33.5 Å². The smallest absolute Gasteiger partial charge is 0.143 e. The first-order valence-corrected chi connectivity index (χ1v) is 18.5. The Bertz CT molecular complexity index is 3540. The van der Waals surface area contributed by atoms with Crippen molar-refractivity contribution in [3.05, 3.63) is 212 Å². The molecule has 0 amide bonds. The first kappa shape index (κ1) is 24.8. The van der Waals surface area contributed by atoms with Crippen LogP contribution in [0.15, 0.2) is 217 Å². The van der Waals surface area contributed by atoms with Crippen LogP contribution >= 0.6 is 0 Å². The fraction of sp³-hybridized carbons (Fsp3) is 0. The highest BCUT2D eigenvalue weighted by Crippen LogP contribution is 2.46. The van der Waals surface area contributed by atoms with Gasteiger partial charge in [-0.2, -0.15) is 0 Å². The third-order valence-corrected chi connectivity index (χ3v) is 10.6. The lowest BCUT2D eigenvalue weighted by molar-refractivity contribution is 0.673. The molecule has 2 nitrogen and oxygen atoms in total. The Hall–Kier alpha value is -7.42. The van der Waals surface area contributed by atoms with Crippen LogP contribution in [0.4, 0.5) is 17.1 Å². The Morgan fingerprint density at radius 1 is 0.375 bits per heavy atom. The maximum atomic E-state index is 9.73. The summed E-state index contributed by atoms with van der Waals surface area (Å²) in [7, 11) is 0. The van der Waals surface area contributed by atoms with Crippen molar-refractivity contribution in [2.45, 2.75) is 0 Å². The molecular weight excluding hydrogens is 679 g/mol. The van der Waals surface area contributed by atoms with Crippen molar-refractivity contribution in [1.82, 2.24) is 0 Å². The summed E-state index contributed by atoms with van der Waals surface area (Å²) < 4.78 is 83.5. The van der Waals surface area contributed by atoms with Gasteiger partial charge in [-0.3, -0.25) is 0 Å². The molecule has 10 aromatic carbocycles. The summed E-state index contributed by atoms with van der Waals surface area (Å²) in [6, 6.07) is 48.6. The van der Waals surface area contributed by atoms with Gasteiger partial charge in [-0.15, -0.1) is 0 Å². The van der Waals surface area contributed by atoms with Crippen LogP contribution in [-0.4, -0.2) is 0 Å². The second kappa shape index (κ2) is 13.2. The summed E-state index contributed by atoms with van der Waals surface area (Å²) in [5.74, 6) is 0. The average molecular weight is 722 g/mol. The molecule has 11 rings (SSSR count). The zero-order valence-corrected chi connectivity index (χ0v) is 29.9. The molecule has 0 unspecified atom stereocenters. The van der Waals surface area contributed by atoms with E-state index in [4.69, 9.17) is 4.42 Å². The predicted molar refractivity (Wildman–Crippen MR) is 237 cm³/mol. The molecule has 0 N–H and O–H groups in total. The lowest BCUT2D eigenvalue weighted by Gasteiger charge is -2.28. The molecule has 0 aliphatic heterocycles. The van der Waals surface area contributed by atoms with E-state index >= 15 is 0 Å². The molecule has 0 spiro atoms. The first-order chi connectivity index (χ1) is 31.1. The van der Waals surface area contributed by atoms with Crippen molar-refractivity contribution in [1.29, 1.82) is 0 Å². The largest absolute Gasteiger partial charge is 0.455 e. The summed E-state index contributed by atoms with van der Waals surface area (Å²) in [5.41, 5.74) is 3.76. The highest BCUT2D eigenvalue weighted by Gasteiger charge is 2.21. The van der Waals surface area contributed by atoms with Crippen LogP contribution in [-0.2, 0) is 0 Å². The van der Waals surface area contributed by atoms with E-state index < -0.39 is 24.2 Å². The number of para-hydroxylation sites is 2. The first-order valence-electron chi connectivity index (χ1n) is 22.5. The van der Waals surface area contributed by atoms with E-state index in [-0.39, 0.29) is 46.7 Å². The minimum absolute atomic E-state index is 0.102. The molecule has 0 bridgehead atoms. The van der Waals surface area contributed by atoms with Crippen LogP contribution in [0.3, 0.4) is 0 Å². The Morgan fingerprint density at radius 2 is 0.893 bits per heavy atom. The van der Waals surface area contributed by atoms with Crippen molar-refractivity contribution >= 4 is 71.3 Å². The summed E-state index contributed by atoms with van der Waals surface area (Å²) in [6.07, 6.45) is 0. The maximum absolute atomic E-state index is 9.73. The number of fused-ring (bicyclic) bond motifs is 7. The normalized spacial score (nSPS) is 13.6. The maximum Gasteiger partial charge on any atom is 0.143 e. The topological polar surface area (TPSA) is 16.4 Å². The third-order valence-electron chi connectivity index (χ3n) is 10.6. The third kappa shape index (κ3) is 5.42. The minimum atomic E-state index is -0.410. The predicted octanol–water partition coefficient (Wildman–Crippen LogP) is 15.5. The van der Waals surface area contributed by atoms with E-state index in [1.165, 1.54) is 4.90 Å². The second-order valence-corrected chi connectivity index (χ2v) is 13.9. The van der Waals surface area contributed by atoms with Gasteiger partial charge in [0.25, 0.3) is 0 Å². The van der Waals surface area contributed by atoms with Gasteiger partial charge in [0.2, 0.25) is 0 Å². The van der Waals surface area contributed by atoms with Crippen LogP contribution < -0.4 is 4.90 Å². The number of nitrogens with zero attached hydrogens (tertiary/aromatic N) is 1. The Kier molecular flexibility index (Phi) is 5.83. The fourth-order valence-electron chi connectivity index (χ4n) is 7.84. The lowest BCUT2D eigenvalue weighted by Crippen LogP contribution is -2.11. The van der Waals surface area contributed by atoms with Gasteiger partial charge in [-0.05, 0) is 109 Å². The Morgan fingerprint density at radius 3 is 1.55 bits per heavy atom. The monoisotopic (exact) mass is 721 g/mol. The average Bonchev–Trinajstić information content (AvgIpc) is 3.71. The van der Waals surface area contributed by atoms with Crippen molar-refractivity contribution in [3.8, 4) is 33.4 Å². The number of rotatable bonds is 6. The van der Waals surface area contributed by atoms with Gasteiger partial charge in [-0.25, -0.2) is 0 Å². The van der Waals surface area contributed by atoms with E-state index in [1.807, 2.05) is 140 Å². The summed E-state index contributed by atoms with van der Waals surface area (Å²) in [6.45, 7) is 0. The Labute approximate surface area is 336 Å². The van der Waals surface area contributed by atoms with E-state index in [0.717, 1.165) is 48.7 Å². The van der Waals surface area contributed by atoms with Crippen LogP contribution in [0.5, 0.6) is 0 Å². The molecule has 0 radical (unpaired) electrons. The number of hydrogen-bond donors (Lipinski definition) is 0. The molecule has 0 saturated heterocycles. The van der Waals surface area contributed by atoms with Gasteiger partial charge in [0, 0.05) is 33.1 Å². The number of hydrogen-bond acceptors (Lipinski definition) is 2. The molecule has 56 heavy (non-hydrogen) atoms. The Balaban J connectivity index is 1.21. The van der Waals surface area contributed by atoms with Crippen molar-refractivity contribution in [2.75, 3.05) is 4.90 Å². The van der Waals surface area contributed by atoms with Gasteiger partial charge in [-0.1, -0.05) is 158 Å². The van der Waals surface area contributed by atoms with E-state index in [1.54, 1.807) is 24.3 Å². The molecule has 262 valence electrons. The molecule has 0 aliphatic rings. The van der Waals surface area contributed by atoms with Crippen molar-refractivity contribution < 1.29 is 15.4 Å². The van der Waals surface area contributed by atoms with Gasteiger partial charge in [0.15, 0.2) is 0 Å². The van der Waals surface area contributed by atoms with E-state index in [9.17, 15) is 11.0 Å². The highest BCUT2D eigenvalue weighted by atomic mass is 16.3. The molecule has 0 aliphatic carbocycles. The SMILES string of the molecule is [2H]c1c([2H])c(N(c2ccccc2-c2cccc3ccc4c5ccccc5oc4c23)c2c([2H])c([2H])c(-c3ccc4ccccc4c3)c([2H])c2[2H])c([2H])c([2H])c1-c1ccc2ccccc2c1. The second-order valence-electron chi connectivity index (χ2n) is 13.9. The van der Waals surface area contributed by atoms with Crippen molar-refractivity contribution in [3.63, 3.8) is 0 Å². The standard InChI is InChI=1S/C54H35NO/c1-3-12-41-34-43(22-20-36(41)10-1)38-24-29-45(30-25-38)55(46-31-26-39(27-32-46)44-23-21-37-11-2-4-13-42(37)35-44)51-18-7-5-15-47(51)49-17-9-14-40-28-33-50-48-16-6-8-19-52(48)56-54(50)53(40)49/h1-35H/i24D,25D,26D,27D,29D,30D,31D,32D. The molecular formula is C54H35NO. The van der Waals surface area contributed by atoms with Gasteiger partial charge >= 0.3 is 0 Å². The summed E-state index contributed by atoms with van der Waals surface area (Å²) in [4.78, 5) is 1.39. The number of benzene rings is 10. The van der Waals surface area contributed by atoms with Crippen LogP contribution in [0, 0.1) is 0 Å². The quantitative estimate of drug-likeness (QED) is 0.170. The zero-order valence-electron chi connectivity index (χ0n) is 37.9. The van der Waals surface area contributed by atoms with Gasteiger partial charge < -0.3 is 9.32 Å². The highest BCUT2D eigenvalue weighted by molar-refractivity contribution is 6.19. The van der Waals surface area contributed by atoms with Crippen LogP contribution in [0.1, 0.15) is 11.0 Å². The van der Waals surface area contributed by atoms with Gasteiger partial charge in [0.1, 0.15) is 11.2 Å². The molecule has 0 saturated carbocycles. The van der Waals surface area contributed by atoms with Crippen molar-refractivity contribution in [2.24, 2.45) is 0 Å². The van der Waals surface area contributed by atoms with Gasteiger partial charge in [0.05, 0.1) is 16.7 Å². The fourth-order valence-corrected chi connectivity index (χ4v) is 7.84. The van der Waals surface area contributed by atoms with Crippen LogP contribution in [0.25, 0.3) is 87.6 Å². The zero-order chi connectivity index (χ0) is 44.0. The molecule has 0 atom stereocenters. The molecule has 0 fully saturated rings. The molecule has 1 heterocycles. The molecule has 11 aromatic rings. The van der Waals surface area contributed by atoms with Crippen LogP contribution in [0.2, 0.25) is 0 Å². The lowest BCUT2D eigenvalue weighted by atomic mass is 9.94.